The Labute approximate surface area is 171 Å². The number of benzene rings is 1. The number of piperazine rings is 1. The summed E-state index contributed by atoms with van der Waals surface area (Å²) in [6.45, 7) is 6.15. The largest absolute Gasteiger partial charge is 0.379 e. The average Bonchev–Trinajstić information content (AvgIpc) is 2.77. The van der Waals surface area contributed by atoms with Crippen molar-refractivity contribution in [2.24, 2.45) is 0 Å². The minimum atomic E-state index is -3.63. The average molecular weight is 425 g/mol. The Morgan fingerprint density at radius 3 is 2.31 bits per heavy atom. The lowest BCUT2D eigenvalue weighted by atomic mass is 10.2. The number of carbonyl (C=O) groups excluding carboxylic acids is 2. The molecule has 2 aliphatic heterocycles. The van der Waals surface area contributed by atoms with E-state index in [-0.39, 0.29) is 23.9 Å². The van der Waals surface area contributed by atoms with E-state index in [0.29, 0.717) is 25.2 Å². The van der Waals surface area contributed by atoms with Crippen molar-refractivity contribution in [2.75, 3.05) is 65.6 Å². The second-order valence-electron chi connectivity index (χ2n) is 7.13. The lowest BCUT2D eigenvalue weighted by Crippen LogP contribution is -2.47. The first-order valence-corrected chi connectivity index (χ1v) is 11.3. The lowest BCUT2D eigenvalue weighted by Gasteiger charge is -2.31. The predicted molar refractivity (Wildman–Crippen MR) is 107 cm³/mol. The minimum absolute atomic E-state index is 0.154. The van der Waals surface area contributed by atoms with Crippen LogP contribution in [-0.4, -0.2) is 100 Å². The fourth-order valence-electron chi connectivity index (χ4n) is 3.41. The van der Waals surface area contributed by atoms with Gasteiger partial charge in [-0.15, -0.1) is 0 Å². The highest BCUT2D eigenvalue weighted by Crippen LogP contribution is 2.18. The van der Waals surface area contributed by atoms with Crippen LogP contribution in [0.1, 0.15) is 16.8 Å². The van der Waals surface area contributed by atoms with E-state index in [4.69, 9.17) is 4.74 Å². The van der Waals surface area contributed by atoms with Crippen molar-refractivity contribution in [2.45, 2.75) is 11.3 Å². The molecule has 3 rings (SSSR count). The maximum Gasteiger partial charge on any atom is 0.251 e. The molecule has 2 heterocycles. The molecule has 2 aliphatic rings. The molecule has 0 bridgehead atoms. The molecule has 0 spiro atoms. The first kappa shape index (κ1) is 21.7. The summed E-state index contributed by atoms with van der Waals surface area (Å²) in [6.07, 6.45) is 1.59. The van der Waals surface area contributed by atoms with Crippen LogP contribution in [0.15, 0.2) is 29.2 Å². The van der Waals surface area contributed by atoms with Gasteiger partial charge in [-0.1, -0.05) is 0 Å². The molecule has 1 aromatic rings. The molecule has 0 saturated carbocycles. The molecule has 2 fully saturated rings. The van der Waals surface area contributed by atoms with Crippen molar-refractivity contribution in [3.05, 3.63) is 29.8 Å². The number of carbonyl (C=O) groups is 2. The molecule has 1 aromatic carbocycles. The number of sulfonamides is 1. The number of rotatable bonds is 8. The molecule has 2 amide bonds. The summed E-state index contributed by atoms with van der Waals surface area (Å²) >= 11 is 0. The third-order valence-electron chi connectivity index (χ3n) is 5.22. The molecule has 0 unspecified atom stereocenters. The molecule has 9 nitrogen and oxygen atoms in total. The zero-order valence-electron chi connectivity index (χ0n) is 16.5. The van der Waals surface area contributed by atoms with E-state index in [0.717, 1.165) is 45.7 Å². The zero-order valence-corrected chi connectivity index (χ0v) is 17.3. The molecule has 0 radical (unpaired) electrons. The summed E-state index contributed by atoms with van der Waals surface area (Å²) in [6, 6.07) is 5.99. The van der Waals surface area contributed by atoms with Crippen LogP contribution in [0, 0.1) is 0 Å². The second kappa shape index (κ2) is 10.1. The smallest absolute Gasteiger partial charge is 0.251 e. The predicted octanol–water partition coefficient (Wildman–Crippen LogP) is -0.399. The molecule has 29 heavy (non-hydrogen) atoms. The van der Waals surface area contributed by atoms with Crippen LogP contribution in [-0.2, 0) is 19.6 Å². The Morgan fingerprint density at radius 2 is 1.69 bits per heavy atom. The molecule has 10 heteroatoms. The summed E-state index contributed by atoms with van der Waals surface area (Å²) in [7, 11) is -3.63. The molecule has 1 N–H and O–H groups in total. The fraction of sp³-hybridized carbons (Fsp3) is 0.579. The van der Waals surface area contributed by atoms with Gasteiger partial charge in [0, 0.05) is 51.4 Å². The number of morpholine rings is 1. The number of nitrogens with one attached hydrogen (secondary N) is 1. The van der Waals surface area contributed by atoms with Gasteiger partial charge in [0.25, 0.3) is 5.91 Å². The Hall–Kier alpha value is -2.01. The van der Waals surface area contributed by atoms with Crippen molar-refractivity contribution >= 4 is 22.3 Å². The summed E-state index contributed by atoms with van der Waals surface area (Å²) in [5, 5.41) is 2.88. The van der Waals surface area contributed by atoms with Crippen LogP contribution >= 0.6 is 0 Å². The molecule has 2 saturated heterocycles. The van der Waals surface area contributed by atoms with Gasteiger partial charge < -0.3 is 15.0 Å². The quantitative estimate of drug-likeness (QED) is 0.450. The van der Waals surface area contributed by atoms with Gasteiger partial charge in [0.15, 0.2) is 0 Å². The van der Waals surface area contributed by atoms with Crippen LogP contribution in [0.2, 0.25) is 0 Å². The van der Waals surface area contributed by atoms with Crippen LogP contribution < -0.4 is 5.32 Å². The Morgan fingerprint density at radius 1 is 1.03 bits per heavy atom. The van der Waals surface area contributed by atoms with Gasteiger partial charge in [0.1, 0.15) is 0 Å². The topological polar surface area (TPSA) is 99.3 Å². The highest BCUT2D eigenvalue weighted by Gasteiger charge is 2.28. The highest BCUT2D eigenvalue weighted by molar-refractivity contribution is 7.89. The van der Waals surface area contributed by atoms with E-state index in [2.05, 4.69) is 10.2 Å². The number of hydrogen-bond acceptors (Lipinski definition) is 6. The highest BCUT2D eigenvalue weighted by atomic mass is 32.2. The van der Waals surface area contributed by atoms with Crippen molar-refractivity contribution < 1.29 is 22.7 Å². The maximum absolute atomic E-state index is 12.7. The monoisotopic (exact) mass is 424 g/mol. The minimum Gasteiger partial charge on any atom is -0.379 e. The molecular formula is C19H28N4O5S. The third-order valence-corrected chi connectivity index (χ3v) is 7.13. The summed E-state index contributed by atoms with van der Waals surface area (Å²) in [5.41, 5.74) is 0.432. The van der Waals surface area contributed by atoms with Crippen LogP contribution in [0.25, 0.3) is 0 Å². The Bertz CT molecular complexity index is 785. The van der Waals surface area contributed by atoms with Crippen molar-refractivity contribution in [1.82, 2.24) is 19.4 Å². The lowest BCUT2D eigenvalue weighted by molar-refractivity contribution is -0.119. The number of hydrogen-bond donors (Lipinski definition) is 1. The molecule has 160 valence electrons. The first-order chi connectivity index (χ1) is 14.0. The Balaban J connectivity index is 1.48. The maximum atomic E-state index is 12.7. The molecule has 0 aromatic heterocycles. The molecule has 0 atom stereocenters. The van der Waals surface area contributed by atoms with Gasteiger partial charge in [-0.3, -0.25) is 14.5 Å². The van der Waals surface area contributed by atoms with Gasteiger partial charge in [0.05, 0.1) is 18.1 Å². The number of nitrogens with zero attached hydrogens (tertiary/aromatic N) is 3. The summed E-state index contributed by atoms with van der Waals surface area (Å²) < 4.78 is 32.1. The van der Waals surface area contributed by atoms with E-state index < -0.39 is 10.0 Å². The van der Waals surface area contributed by atoms with E-state index >= 15 is 0 Å². The van der Waals surface area contributed by atoms with Gasteiger partial charge in [-0.25, -0.2) is 8.42 Å². The third kappa shape index (κ3) is 5.75. The van der Waals surface area contributed by atoms with Gasteiger partial charge in [-0.05, 0) is 37.2 Å². The van der Waals surface area contributed by atoms with Crippen molar-refractivity contribution in [3.63, 3.8) is 0 Å². The number of amides is 2. The van der Waals surface area contributed by atoms with E-state index in [1.165, 1.54) is 28.6 Å². The van der Waals surface area contributed by atoms with E-state index in [9.17, 15) is 18.0 Å². The molecular weight excluding hydrogens is 396 g/mol. The van der Waals surface area contributed by atoms with E-state index in [1.54, 1.807) is 4.90 Å². The van der Waals surface area contributed by atoms with Crippen LogP contribution in [0.3, 0.4) is 0 Å². The summed E-state index contributed by atoms with van der Waals surface area (Å²) in [4.78, 5) is 27.1. The first-order valence-electron chi connectivity index (χ1n) is 9.88. The van der Waals surface area contributed by atoms with Crippen molar-refractivity contribution in [1.29, 1.82) is 0 Å². The molecule has 0 aliphatic carbocycles. The Kier molecular flexibility index (Phi) is 7.59. The van der Waals surface area contributed by atoms with Crippen LogP contribution in [0.5, 0.6) is 0 Å². The second-order valence-corrected chi connectivity index (χ2v) is 9.07. The van der Waals surface area contributed by atoms with Crippen molar-refractivity contribution in [3.8, 4) is 0 Å². The summed E-state index contributed by atoms with van der Waals surface area (Å²) in [5.74, 6) is -0.212. The zero-order chi connectivity index (χ0) is 20.7. The van der Waals surface area contributed by atoms with Gasteiger partial charge >= 0.3 is 0 Å². The fourth-order valence-corrected chi connectivity index (χ4v) is 4.83. The van der Waals surface area contributed by atoms with Gasteiger partial charge in [-0.2, -0.15) is 4.31 Å². The van der Waals surface area contributed by atoms with E-state index in [1.807, 2.05) is 0 Å². The normalized spacial score (nSPS) is 19.1. The van der Waals surface area contributed by atoms with Gasteiger partial charge in [0.2, 0.25) is 16.4 Å². The standard InChI is InChI=1S/C19H28N4O5S/c24-16-22-8-10-23(11-9-22)29(26,27)18-4-2-17(3-5-18)19(25)20-6-1-7-21-12-14-28-15-13-21/h2-5,16H,1,6-15H2,(H,20,25). The SMILES string of the molecule is O=CN1CCN(S(=O)(=O)c2ccc(C(=O)NCCCN3CCOCC3)cc2)CC1. The number of ether oxygens (including phenoxy) is 1. The van der Waals surface area contributed by atoms with Crippen LogP contribution in [0.4, 0.5) is 0 Å².